The number of hydrogen-bond acceptors (Lipinski definition) is 6. The van der Waals surface area contributed by atoms with Gasteiger partial charge in [-0.3, -0.25) is 0 Å². The van der Waals surface area contributed by atoms with Crippen molar-refractivity contribution in [1.82, 2.24) is 19.7 Å². The molecule has 3 rings (SSSR count). The number of nitrogens with zero attached hydrogens (tertiary/aromatic N) is 4. The van der Waals surface area contributed by atoms with E-state index < -0.39 is 5.97 Å². The van der Waals surface area contributed by atoms with Crippen LogP contribution in [0.15, 0.2) is 48.9 Å². The van der Waals surface area contributed by atoms with Crippen LogP contribution < -0.4 is 11.1 Å². The Morgan fingerprint density at radius 1 is 1.29 bits per heavy atom. The van der Waals surface area contributed by atoms with Crippen molar-refractivity contribution >= 4 is 17.6 Å². The van der Waals surface area contributed by atoms with Crippen molar-refractivity contribution in [3.63, 3.8) is 0 Å². The zero-order valence-corrected chi connectivity index (χ0v) is 12.9. The minimum absolute atomic E-state index is 0.0229. The summed E-state index contributed by atoms with van der Waals surface area (Å²) in [6, 6.07) is 9.83. The lowest BCUT2D eigenvalue weighted by molar-refractivity contribution is 0.0697. The highest BCUT2D eigenvalue weighted by Crippen LogP contribution is 2.21. The van der Waals surface area contributed by atoms with E-state index in [0.717, 1.165) is 5.56 Å². The van der Waals surface area contributed by atoms with E-state index in [4.69, 9.17) is 10.8 Å². The predicted octanol–water partition coefficient (Wildman–Crippen LogP) is 2.12. The van der Waals surface area contributed by atoms with E-state index in [0.29, 0.717) is 11.6 Å². The molecule has 0 aliphatic rings. The Balaban J connectivity index is 1.87. The highest BCUT2D eigenvalue weighted by atomic mass is 16.4. The molecule has 0 fully saturated rings. The number of aromatic nitrogens is 4. The van der Waals surface area contributed by atoms with Crippen molar-refractivity contribution < 1.29 is 9.90 Å². The molecule has 0 aliphatic carbocycles. The average molecular weight is 324 g/mol. The molecule has 122 valence electrons. The summed E-state index contributed by atoms with van der Waals surface area (Å²) in [5.74, 6) is -0.0106. The number of nitrogen functional groups attached to an aromatic ring is 1. The largest absolute Gasteiger partial charge is 0.478 e. The third kappa shape index (κ3) is 3.17. The van der Waals surface area contributed by atoms with Gasteiger partial charge in [-0.1, -0.05) is 30.3 Å². The summed E-state index contributed by atoms with van der Waals surface area (Å²) in [7, 11) is 0. The lowest BCUT2D eigenvalue weighted by atomic mass is 10.1. The molecule has 8 heteroatoms. The maximum atomic E-state index is 10.9. The van der Waals surface area contributed by atoms with Gasteiger partial charge in [0, 0.05) is 6.20 Å². The molecule has 8 nitrogen and oxygen atoms in total. The van der Waals surface area contributed by atoms with Gasteiger partial charge in [0.2, 0.25) is 0 Å². The Hall–Kier alpha value is -3.42. The quantitative estimate of drug-likeness (QED) is 0.657. The molecule has 0 bridgehead atoms. The second kappa shape index (κ2) is 6.37. The second-order valence-corrected chi connectivity index (χ2v) is 5.22. The number of nitrogens with one attached hydrogen (secondary N) is 1. The second-order valence-electron chi connectivity index (χ2n) is 5.22. The van der Waals surface area contributed by atoms with Crippen LogP contribution in [0.5, 0.6) is 0 Å². The fraction of sp³-hybridized carbons (Fsp3) is 0.125. The molecule has 24 heavy (non-hydrogen) atoms. The molecule has 0 spiro atoms. The summed E-state index contributed by atoms with van der Waals surface area (Å²) >= 11 is 0. The topological polar surface area (TPSA) is 119 Å². The standard InChI is InChI=1S/C16H16N6O2/c1-10(11-5-3-2-4-6-11)20-15-14(17)18-8-13(21-15)22-9-12(7-19-22)16(23)24/h2-10H,1H3,(H2,17,18)(H,20,21)(H,23,24)/t10-/m1/s1. The van der Waals surface area contributed by atoms with Gasteiger partial charge in [-0.15, -0.1) is 0 Å². The summed E-state index contributed by atoms with van der Waals surface area (Å²) in [4.78, 5) is 19.4. The number of carboxylic acid groups (broad SMARTS) is 1. The van der Waals surface area contributed by atoms with E-state index in [1.54, 1.807) is 0 Å². The normalized spacial score (nSPS) is 11.9. The van der Waals surface area contributed by atoms with Crippen LogP contribution in [-0.2, 0) is 0 Å². The fourth-order valence-corrected chi connectivity index (χ4v) is 2.19. The minimum atomic E-state index is -1.05. The lowest BCUT2D eigenvalue weighted by Gasteiger charge is -2.16. The fourth-order valence-electron chi connectivity index (χ4n) is 2.19. The summed E-state index contributed by atoms with van der Waals surface area (Å²) in [6.45, 7) is 1.99. The summed E-state index contributed by atoms with van der Waals surface area (Å²) in [6.07, 6.45) is 4.05. The molecule has 0 amide bonds. The first-order valence-electron chi connectivity index (χ1n) is 7.27. The predicted molar refractivity (Wildman–Crippen MR) is 89.0 cm³/mol. The number of nitrogens with two attached hydrogens (primary N) is 1. The van der Waals surface area contributed by atoms with Crippen LogP contribution in [0.2, 0.25) is 0 Å². The first kappa shape index (κ1) is 15.5. The Morgan fingerprint density at radius 3 is 2.71 bits per heavy atom. The van der Waals surface area contributed by atoms with Gasteiger partial charge in [0.05, 0.1) is 24.0 Å². The molecule has 4 N–H and O–H groups in total. The van der Waals surface area contributed by atoms with Crippen molar-refractivity contribution in [2.45, 2.75) is 13.0 Å². The monoisotopic (exact) mass is 324 g/mol. The first-order chi connectivity index (χ1) is 11.5. The smallest absolute Gasteiger partial charge is 0.338 e. The van der Waals surface area contributed by atoms with Crippen LogP contribution in [0.3, 0.4) is 0 Å². The van der Waals surface area contributed by atoms with E-state index >= 15 is 0 Å². The van der Waals surface area contributed by atoms with Gasteiger partial charge >= 0.3 is 5.97 Å². The number of carboxylic acids is 1. The van der Waals surface area contributed by atoms with Crippen molar-refractivity contribution in [2.24, 2.45) is 0 Å². The van der Waals surface area contributed by atoms with Crippen LogP contribution in [0.1, 0.15) is 28.9 Å². The molecule has 3 aromatic rings. The number of hydrogen-bond donors (Lipinski definition) is 3. The first-order valence-corrected chi connectivity index (χ1v) is 7.27. The van der Waals surface area contributed by atoms with Crippen LogP contribution in [0.4, 0.5) is 11.6 Å². The molecule has 0 radical (unpaired) electrons. The SMILES string of the molecule is C[C@@H](Nc1nc(-n2cc(C(=O)O)cn2)cnc1N)c1ccccc1. The van der Waals surface area contributed by atoms with E-state index in [9.17, 15) is 4.79 Å². The number of aromatic carboxylic acids is 1. The Bertz CT molecular complexity index is 862. The van der Waals surface area contributed by atoms with E-state index in [1.165, 1.54) is 23.3 Å². The van der Waals surface area contributed by atoms with Gasteiger partial charge in [-0.2, -0.15) is 5.10 Å². The molecule has 0 saturated heterocycles. The summed E-state index contributed by atoms with van der Waals surface area (Å²) in [5, 5.41) is 16.2. The van der Waals surface area contributed by atoms with Crippen molar-refractivity contribution in [3.8, 4) is 5.82 Å². The summed E-state index contributed by atoms with van der Waals surface area (Å²) < 4.78 is 1.34. The molecule has 1 aromatic carbocycles. The van der Waals surface area contributed by atoms with Gasteiger partial charge in [0.25, 0.3) is 0 Å². The molecule has 0 aliphatic heterocycles. The van der Waals surface area contributed by atoms with Crippen molar-refractivity contribution in [3.05, 3.63) is 60.0 Å². The molecular formula is C16H16N6O2. The molecule has 2 aromatic heterocycles. The van der Waals surface area contributed by atoms with Gasteiger partial charge in [0.15, 0.2) is 17.5 Å². The van der Waals surface area contributed by atoms with Gasteiger partial charge < -0.3 is 16.2 Å². The van der Waals surface area contributed by atoms with Crippen LogP contribution >= 0.6 is 0 Å². The van der Waals surface area contributed by atoms with E-state index in [-0.39, 0.29) is 17.4 Å². The number of rotatable bonds is 5. The summed E-state index contributed by atoms with van der Waals surface area (Å²) in [5.41, 5.74) is 7.04. The minimum Gasteiger partial charge on any atom is -0.478 e. The maximum Gasteiger partial charge on any atom is 0.338 e. The lowest BCUT2D eigenvalue weighted by Crippen LogP contribution is -2.12. The van der Waals surface area contributed by atoms with Gasteiger partial charge in [-0.05, 0) is 12.5 Å². The van der Waals surface area contributed by atoms with E-state index in [1.807, 2.05) is 37.3 Å². The Morgan fingerprint density at radius 2 is 2.04 bits per heavy atom. The van der Waals surface area contributed by atoms with E-state index in [2.05, 4.69) is 20.4 Å². The highest BCUT2D eigenvalue weighted by molar-refractivity contribution is 5.86. The molecule has 0 saturated carbocycles. The van der Waals surface area contributed by atoms with Gasteiger partial charge in [-0.25, -0.2) is 19.4 Å². The van der Waals surface area contributed by atoms with Crippen LogP contribution in [0, 0.1) is 0 Å². The maximum absolute atomic E-state index is 10.9. The number of carbonyl (C=O) groups is 1. The van der Waals surface area contributed by atoms with Crippen LogP contribution in [0.25, 0.3) is 5.82 Å². The van der Waals surface area contributed by atoms with Crippen molar-refractivity contribution in [1.29, 1.82) is 0 Å². The zero-order valence-electron chi connectivity index (χ0n) is 12.9. The third-order valence-electron chi connectivity index (χ3n) is 3.51. The molecular weight excluding hydrogens is 308 g/mol. The third-order valence-corrected chi connectivity index (χ3v) is 3.51. The Labute approximate surface area is 138 Å². The van der Waals surface area contributed by atoms with Crippen LogP contribution in [-0.4, -0.2) is 30.8 Å². The van der Waals surface area contributed by atoms with Gasteiger partial charge in [0.1, 0.15) is 0 Å². The average Bonchev–Trinajstić information content (AvgIpc) is 3.08. The molecule has 0 unspecified atom stereocenters. The Kier molecular flexibility index (Phi) is 4.11. The molecule has 2 heterocycles. The number of benzene rings is 1. The number of anilines is 2. The molecule has 1 atom stereocenters. The highest BCUT2D eigenvalue weighted by Gasteiger charge is 2.13. The van der Waals surface area contributed by atoms with Crippen molar-refractivity contribution in [2.75, 3.05) is 11.1 Å². The zero-order chi connectivity index (χ0) is 17.1.